The van der Waals surface area contributed by atoms with E-state index < -0.39 is 10.0 Å². The molecule has 2 aromatic rings. The summed E-state index contributed by atoms with van der Waals surface area (Å²) in [6.07, 6.45) is 3.14. The molecule has 1 aliphatic carbocycles. The number of carbonyl (C=O) groups is 1. The van der Waals surface area contributed by atoms with Crippen molar-refractivity contribution in [2.24, 2.45) is 11.8 Å². The molecule has 9 heteroatoms. The molecular weight excluding hydrogens is 440 g/mol. The van der Waals surface area contributed by atoms with E-state index in [2.05, 4.69) is 29.3 Å². The molecule has 1 aromatic carbocycles. The van der Waals surface area contributed by atoms with Crippen molar-refractivity contribution in [3.8, 4) is 0 Å². The second kappa shape index (κ2) is 9.54. The normalized spacial score (nSPS) is 19.2. The third-order valence-electron chi connectivity index (χ3n) is 6.64. The zero-order valence-corrected chi connectivity index (χ0v) is 20.6. The van der Waals surface area contributed by atoms with Crippen molar-refractivity contribution in [2.75, 3.05) is 13.1 Å². The van der Waals surface area contributed by atoms with Gasteiger partial charge in [0.05, 0.1) is 4.90 Å². The molecule has 33 heavy (non-hydrogen) atoms. The molecule has 1 aliphatic heterocycles. The molecule has 2 fully saturated rings. The predicted molar refractivity (Wildman–Crippen MR) is 124 cm³/mol. The first-order chi connectivity index (χ1) is 15.7. The van der Waals surface area contributed by atoms with Crippen molar-refractivity contribution in [1.82, 2.24) is 19.8 Å². The molecule has 1 saturated carbocycles. The van der Waals surface area contributed by atoms with Gasteiger partial charge in [0.2, 0.25) is 21.8 Å². The van der Waals surface area contributed by atoms with Gasteiger partial charge >= 0.3 is 0 Å². The van der Waals surface area contributed by atoms with Gasteiger partial charge in [-0.2, -0.15) is 9.29 Å². The van der Waals surface area contributed by atoms with Crippen LogP contribution in [0.4, 0.5) is 0 Å². The maximum atomic E-state index is 13.1. The summed E-state index contributed by atoms with van der Waals surface area (Å²) >= 11 is 0. The lowest BCUT2D eigenvalue weighted by atomic mass is 9.95. The summed E-state index contributed by atoms with van der Waals surface area (Å²) in [5.41, 5.74) is 1.11. The molecule has 1 unspecified atom stereocenters. The molecule has 1 aromatic heterocycles. The van der Waals surface area contributed by atoms with Gasteiger partial charge in [0, 0.05) is 24.9 Å². The minimum Gasteiger partial charge on any atom is -0.344 e. The van der Waals surface area contributed by atoms with E-state index in [0.29, 0.717) is 48.6 Å². The number of nitrogens with one attached hydrogen (secondary N) is 1. The first kappa shape index (κ1) is 23.9. The van der Waals surface area contributed by atoms with Crippen LogP contribution in [0, 0.1) is 11.8 Å². The van der Waals surface area contributed by atoms with Crippen LogP contribution in [-0.4, -0.2) is 41.9 Å². The van der Waals surface area contributed by atoms with Crippen molar-refractivity contribution in [3.05, 3.63) is 41.5 Å². The van der Waals surface area contributed by atoms with E-state index in [1.807, 2.05) is 26.0 Å². The summed E-state index contributed by atoms with van der Waals surface area (Å²) in [5.74, 6) is 1.67. The molecular formula is C24H34N4O4S. The molecule has 4 rings (SSSR count). The number of aromatic nitrogens is 2. The topological polar surface area (TPSA) is 105 Å². The third kappa shape index (κ3) is 5.30. The van der Waals surface area contributed by atoms with Crippen molar-refractivity contribution in [2.45, 2.75) is 76.2 Å². The highest BCUT2D eigenvalue weighted by Crippen LogP contribution is 2.38. The molecule has 1 saturated heterocycles. The Balaban J connectivity index is 1.36. The Morgan fingerprint density at radius 1 is 1.06 bits per heavy atom. The Hall–Kier alpha value is -2.26. The molecule has 1 N–H and O–H groups in total. The van der Waals surface area contributed by atoms with Crippen molar-refractivity contribution >= 4 is 15.9 Å². The van der Waals surface area contributed by atoms with Gasteiger partial charge in [-0.15, -0.1) is 0 Å². The lowest BCUT2D eigenvalue weighted by molar-refractivity contribution is -0.127. The van der Waals surface area contributed by atoms with Gasteiger partial charge in [-0.25, -0.2) is 8.42 Å². The SMILES string of the molecule is CC(C)c1ccc(S(=O)(=O)N2CCC(C(=O)NC(c3nc(C4CC4)no3)C(C)C)CC2)cc1. The standard InChI is InChI=1S/C24H34N4O4S/c1-15(2)17-7-9-20(10-8-17)33(30,31)28-13-11-19(12-14-28)23(29)25-21(16(3)4)24-26-22(27-32-24)18-5-6-18/h7-10,15-16,18-19,21H,5-6,11-14H2,1-4H3,(H,25,29). The average molecular weight is 475 g/mol. The lowest BCUT2D eigenvalue weighted by Gasteiger charge is -2.31. The fourth-order valence-electron chi connectivity index (χ4n) is 4.20. The zero-order chi connectivity index (χ0) is 23.8. The van der Waals surface area contributed by atoms with E-state index in [1.165, 1.54) is 4.31 Å². The van der Waals surface area contributed by atoms with Gasteiger partial charge in [0.25, 0.3) is 0 Å². The quantitative estimate of drug-likeness (QED) is 0.620. The number of piperidine rings is 1. The maximum Gasteiger partial charge on any atom is 0.249 e. The first-order valence-electron chi connectivity index (χ1n) is 11.9. The second-order valence-electron chi connectivity index (χ2n) is 9.90. The van der Waals surface area contributed by atoms with E-state index in [9.17, 15) is 13.2 Å². The summed E-state index contributed by atoms with van der Waals surface area (Å²) in [4.78, 5) is 17.8. The molecule has 0 radical (unpaired) electrons. The minimum atomic E-state index is -3.56. The van der Waals surface area contributed by atoms with Crippen molar-refractivity contribution < 1.29 is 17.7 Å². The number of hydrogen-bond acceptors (Lipinski definition) is 6. The fourth-order valence-corrected chi connectivity index (χ4v) is 5.67. The van der Waals surface area contributed by atoms with Gasteiger partial charge in [0.15, 0.2) is 5.82 Å². The van der Waals surface area contributed by atoms with Gasteiger partial charge in [0.1, 0.15) is 6.04 Å². The summed E-state index contributed by atoms with van der Waals surface area (Å²) in [6.45, 7) is 8.81. The number of rotatable bonds is 8. The zero-order valence-electron chi connectivity index (χ0n) is 19.8. The fraction of sp³-hybridized carbons (Fsp3) is 0.625. The number of nitrogens with zero attached hydrogens (tertiary/aromatic N) is 3. The van der Waals surface area contributed by atoms with Crippen LogP contribution in [0.25, 0.3) is 0 Å². The molecule has 0 spiro atoms. The van der Waals surface area contributed by atoms with Crippen LogP contribution in [0.15, 0.2) is 33.7 Å². The lowest BCUT2D eigenvalue weighted by Crippen LogP contribution is -2.44. The summed E-state index contributed by atoms with van der Waals surface area (Å²) in [7, 11) is -3.56. The van der Waals surface area contributed by atoms with Crippen molar-refractivity contribution in [3.63, 3.8) is 0 Å². The summed E-state index contributed by atoms with van der Waals surface area (Å²) in [5, 5.41) is 7.15. The average Bonchev–Trinajstić information content (AvgIpc) is 3.54. The van der Waals surface area contributed by atoms with E-state index in [4.69, 9.17) is 4.52 Å². The van der Waals surface area contributed by atoms with Gasteiger partial charge in [-0.05, 0) is 55.2 Å². The Labute approximate surface area is 196 Å². The van der Waals surface area contributed by atoms with Crippen LogP contribution >= 0.6 is 0 Å². The molecule has 1 atom stereocenters. The Bertz CT molecular complexity index is 1070. The van der Waals surface area contributed by atoms with E-state index in [1.54, 1.807) is 12.1 Å². The van der Waals surface area contributed by atoms with Crippen LogP contribution in [0.1, 0.15) is 88.5 Å². The number of sulfonamides is 1. The molecule has 2 aliphatic rings. The third-order valence-corrected chi connectivity index (χ3v) is 8.55. The maximum absolute atomic E-state index is 13.1. The van der Waals surface area contributed by atoms with Gasteiger partial charge in [-0.1, -0.05) is 45.0 Å². The monoisotopic (exact) mass is 474 g/mol. The summed E-state index contributed by atoms with van der Waals surface area (Å²) in [6, 6.07) is 6.75. The molecule has 180 valence electrons. The molecule has 8 nitrogen and oxygen atoms in total. The van der Waals surface area contributed by atoms with Gasteiger partial charge in [-0.3, -0.25) is 4.79 Å². The highest BCUT2D eigenvalue weighted by atomic mass is 32.2. The Morgan fingerprint density at radius 2 is 1.70 bits per heavy atom. The smallest absolute Gasteiger partial charge is 0.249 e. The van der Waals surface area contributed by atoms with Gasteiger partial charge < -0.3 is 9.84 Å². The molecule has 2 heterocycles. The Morgan fingerprint density at radius 3 is 2.24 bits per heavy atom. The molecule has 0 bridgehead atoms. The molecule has 1 amide bonds. The number of hydrogen-bond donors (Lipinski definition) is 1. The largest absolute Gasteiger partial charge is 0.344 e. The van der Waals surface area contributed by atoms with Crippen LogP contribution in [0.2, 0.25) is 0 Å². The highest BCUT2D eigenvalue weighted by molar-refractivity contribution is 7.89. The van der Waals surface area contributed by atoms with Crippen LogP contribution in [0.3, 0.4) is 0 Å². The van der Waals surface area contributed by atoms with E-state index in [-0.39, 0.29) is 23.8 Å². The predicted octanol–water partition coefficient (Wildman–Crippen LogP) is 3.98. The number of amides is 1. The minimum absolute atomic E-state index is 0.0850. The van der Waals surface area contributed by atoms with Crippen LogP contribution in [-0.2, 0) is 14.8 Å². The Kier molecular flexibility index (Phi) is 6.91. The van der Waals surface area contributed by atoms with Crippen molar-refractivity contribution in [1.29, 1.82) is 0 Å². The highest BCUT2D eigenvalue weighted by Gasteiger charge is 2.35. The first-order valence-corrected chi connectivity index (χ1v) is 13.3. The van der Waals surface area contributed by atoms with Crippen LogP contribution < -0.4 is 5.32 Å². The van der Waals surface area contributed by atoms with Crippen LogP contribution in [0.5, 0.6) is 0 Å². The van der Waals surface area contributed by atoms with E-state index in [0.717, 1.165) is 24.2 Å². The second-order valence-corrected chi connectivity index (χ2v) is 11.8. The number of benzene rings is 1. The number of carbonyl (C=O) groups excluding carboxylic acids is 1. The van der Waals surface area contributed by atoms with E-state index >= 15 is 0 Å². The summed E-state index contributed by atoms with van der Waals surface area (Å²) < 4.78 is 33.0.